The Hall–Kier alpha value is -0.160. The van der Waals surface area contributed by atoms with Crippen LogP contribution < -0.4 is 10.6 Å². The van der Waals surface area contributed by atoms with Crippen molar-refractivity contribution >= 4 is 0 Å². The minimum atomic E-state index is 0.983. The van der Waals surface area contributed by atoms with Gasteiger partial charge in [-0.05, 0) is 53.6 Å². The zero-order valence-corrected chi connectivity index (χ0v) is 11.6. The minimum Gasteiger partial charge on any atom is -0.307 e. The van der Waals surface area contributed by atoms with Gasteiger partial charge in [-0.15, -0.1) is 0 Å². The monoisotopic (exact) mass is 230 g/mol. The first-order chi connectivity index (χ1) is 7.74. The van der Waals surface area contributed by atoms with E-state index >= 15 is 0 Å². The molecule has 1 saturated heterocycles. The summed E-state index contributed by atoms with van der Waals surface area (Å²) in [5.41, 5.74) is 0. The fourth-order valence-corrected chi connectivity index (χ4v) is 1.72. The Morgan fingerprint density at radius 2 is 1.69 bits per heavy atom. The van der Waals surface area contributed by atoms with Crippen molar-refractivity contribution in [1.29, 1.82) is 0 Å². The first-order valence-corrected chi connectivity index (χ1v) is 6.44. The second-order valence-electron chi connectivity index (χ2n) is 4.37. The molecule has 1 aliphatic rings. The second-order valence-corrected chi connectivity index (χ2v) is 4.37. The number of nitrogens with one attached hydrogen (secondary N) is 2. The van der Waals surface area contributed by atoms with Gasteiger partial charge in [-0.25, -0.2) is 0 Å². The van der Waals surface area contributed by atoms with Crippen LogP contribution in [0.15, 0.2) is 0 Å². The zero-order chi connectivity index (χ0) is 12.2. The molecule has 0 aromatic heterocycles. The fraction of sp³-hybridized carbons (Fsp3) is 1.00. The van der Waals surface area contributed by atoms with E-state index < -0.39 is 0 Å². The van der Waals surface area contributed by atoms with Gasteiger partial charge < -0.3 is 10.6 Å². The first kappa shape index (κ1) is 15.8. The summed E-state index contributed by atoms with van der Waals surface area (Å²) in [5, 5.41) is 6.21. The number of hydrogen-bond acceptors (Lipinski definition) is 4. The van der Waals surface area contributed by atoms with E-state index in [1.807, 2.05) is 14.1 Å². The average molecular weight is 230 g/mol. The van der Waals surface area contributed by atoms with Gasteiger partial charge in [-0.1, -0.05) is 13.3 Å². The van der Waals surface area contributed by atoms with E-state index in [0.717, 1.165) is 19.9 Å². The summed E-state index contributed by atoms with van der Waals surface area (Å²) in [4.78, 5) is 4.66. The molecule has 1 aliphatic heterocycles. The maximum atomic E-state index is 3.16. The third-order valence-corrected chi connectivity index (χ3v) is 2.80. The molecule has 4 heteroatoms. The lowest BCUT2D eigenvalue weighted by molar-refractivity contribution is 0.218. The Bertz CT molecular complexity index is 132. The van der Waals surface area contributed by atoms with Crippen LogP contribution in [0.4, 0.5) is 0 Å². The van der Waals surface area contributed by atoms with Crippen LogP contribution >= 0.6 is 0 Å². The van der Waals surface area contributed by atoms with E-state index in [1.54, 1.807) is 0 Å². The molecule has 1 heterocycles. The number of hydrogen-bond donors (Lipinski definition) is 2. The number of nitrogens with zero attached hydrogens (tertiary/aromatic N) is 2. The molecule has 1 fully saturated rings. The SMILES string of the molecule is CCN(C)CNC.CNCN1CCCCC1. The second kappa shape index (κ2) is 11.3. The Balaban J connectivity index is 0.000000293. The lowest BCUT2D eigenvalue weighted by Crippen LogP contribution is -2.36. The molecule has 0 spiro atoms. The van der Waals surface area contributed by atoms with E-state index in [0.29, 0.717) is 0 Å². The summed E-state index contributed by atoms with van der Waals surface area (Å²) in [6, 6.07) is 0. The number of piperidine rings is 1. The predicted molar refractivity (Wildman–Crippen MR) is 71.6 cm³/mol. The minimum absolute atomic E-state index is 0.983. The molecule has 4 nitrogen and oxygen atoms in total. The highest BCUT2D eigenvalue weighted by Crippen LogP contribution is 2.06. The fourth-order valence-electron chi connectivity index (χ4n) is 1.72. The van der Waals surface area contributed by atoms with Crippen molar-refractivity contribution in [1.82, 2.24) is 20.4 Å². The van der Waals surface area contributed by atoms with Crippen molar-refractivity contribution in [2.24, 2.45) is 0 Å². The largest absolute Gasteiger partial charge is 0.307 e. The molecule has 0 aromatic rings. The number of likely N-dealkylation sites (tertiary alicyclic amines) is 1. The average Bonchev–Trinajstić information content (AvgIpc) is 2.32. The summed E-state index contributed by atoms with van der Waals surface area (Å²) in [7, 11) is 6.04. The molecule has 0 saturated carbocycles. The van der Waals surface area contributed by atoms with E-state index in [9.17, 15) is 0 Å². The van der Waals surface area contributed by atoms with Gasteiger partial charge in [0.1, 0.15) is 0 Å². The van der Waals surface area contributed by atoms with Crippen molar-refractivity contribution < 1.29 is 0 Å². The molecule has 1 rings (SSSR count). The van der Waals surface area contributed by atoms with Crippen molar-refractivity contribution in [3.8, 4) is 0 Å². The normalized spacial score (nSPS) is 17.1. The molecule has 98 valence electrons. The maximum Gasteiger partial charge on any atom is 0.0477 e. The van der Waals surface area contributed by atoms with E-state index in [2.05, 4.69) is 34.4 Å². The molecule has 0 amide bonds. The van der Waals surface area contributed by atoms with Crippen LogP contribution in [0, 0.1) is 0 Å². The maximum absolute atomic E-state index is 3.16. The Morgan fingerprint density at radius 1 is 1.06 bits per heavy atom. The van der Waals surface area contributed by atoms with Crippen molar-refractivity contribution in [3.05, 3.63) is 0 Å². The molecule has 16 heavy (non-hydrogen) atoms. The molecule has 0 radical (unpaired) electrons. The summed E-state index contributed by atoms with van der Waals surface area (Å²) in [6.45, 7) is 7.89. The third-order valence-electron chi connectivity index (χ3n) is 2.80. The zero-order valence-electron chi connectivity index (χ0n) is 11.6. The molecular weight excluding hydrogens is 200 g/mol. The predicted octanol–water partition coefficient (Wildman–Crippen LogP) is 0.764. The van der Waals surface area contributed by atoms with Crippen molar-refractivity contribution in [2.45, 2.75) is 26.2 Å². The topological polar surface area (TPSA) is 30.5 Å². The Labute approximate surface area is 101 Å². The van der Waals surface area contributed by atoms with E-state index in [4.69, 9.17) is 0 Å². The molecule has 0 aromatic carbocycles. The lowest BCUT2D eigenvalue weighted by atomic mass is 10.1. The van der Waals surface area contributed by atoms with Gasteiger partial charge in [0.15, 0.2) is 0 Å². The van der Waals surface area contributed by atoms with Crippen LogP contribution in [0.5, 0.6) is 0 Å². The van der Waals surface area contributed by atoms with Gasteiger partial charge in [0, 0.05) is 13.3 Å². The highest BCUT2D eigenvalue weighted by atomic mass is 15.2. The van der Waals surface area contributed by atoms with Crippen LogP contribution in [0.25, 0.3) is 0 Å². The quantitative estimate of drug-likeness (QED) is 0.683. The van der Waals surface area contributed by atoms with E-state index in [-0.39, 0.29) is 0 Å². The molecule has 0 bridgehead atoms. The molecule has 0 unspecified atom stereocenters. The number of rotatable bonds is 5. The van der Waals surface area contributed by atoms with Crippen LogP contribution in [-0.4, -0.2) is 63.9 Å². The molecule has 0 atom stereocenters. The van der Waals surface area contributed by atoms with Crippen LogP contribution in [0.1, 0.15) is 26.2 Å². The Morgan fingerprint density at radius 3 is 2.06 bits per heavy atom. The highest BCUT2D eigenvalue weighted by Gasteiger charge is 2.07. The van der Waals surface area contributed by atoms with Gasteiger partial charge in [-0.2, -0.15) is 0 Å². The van der Waals surface area contributed by atoms with Gasteiger partial charge in [-0.3, -0.25) is 9.80 Å². The summed E-state index contributed by atoms with van der Waals surface area (Å²) in [6.07, 6.45) is 4.21. The smallest absolute Gasteiger partial charge is 0.0477 e. The van der Waals surface area contributed by atoms with Gasteiger partial charge >= 0.3 is 0 Å². The van der Waals surface area contributed by atoms with Crippen LogP contribution in [0.3, 0.4) is 0 Å². The van der Waals surface area contributed by atoms with Crippen LogP contribution in [-0.2, 0) is 0 Å². The third kappa shape index (κ3) is 9.09. The molecule has 0 aliphatic carbocycles. The van der Waals surface area contributed by atoms with Crippen molar-refractivity contribution in [3.63, 3.8) is 0 Å². The Kier molecular flexibility index (Phi) is 11.2. The summed E-state index contributed by atoms with van der Waals surface area (Å²) >= 11 is 0. The summed E-state index contributed by atoms with van der Waals surface area (Å²) in [5.74, 6) is 0. The van der Waals surface area contributed by atoms with E-state index in [1.165, 1.54) is 32.4 Å². The van der Waals surface area contributed by atoms with Gasteiger partial charge in [0.05, 0.1) is 0 Å². The van der Waals surface area contributed by atoms with Crippen LogP contribution in [0.2, 0.25) is 0 Å². The molecular formula is C12H30N4. The lowest BCUT2D eigenvalue weighted by Gasteiger charge is -2.25. The molecule has 2 N–H and O–H groups in total. The highest BCUT2D eigenvalue weighted by molar-refractivity contribution is 4.61. The van der Waals surface area contributed by atoms with Gasteiger partial charge in [0.2, 0.25) is 0 Å². The summed E-state index contributed by atoms with van der Waals surface area (Å²) < 4.78 is 0. The van der Waals surface area contributed by atoms with Gasteiger partial charge in [0.25, 0.3) is 0 Å². The van der Waals surface area contributed by atoms with Crippen molar-refractivity contribution in [2.75, 3.05) is 54.1 Å². The standard InChI is InChI=1S/C7H16N2.C5H14N2/c1-8-7-9-5-3-2-4-6-9;1-4-7(3)5-6-2/h8H,2-7H2,1H3;6H,4-5H2,1-3H3. The first-order valence-electron chi connectivity index (χ1n) is 6.44.